The van der Waals surface area contributed by atoms with E-state index in [4.69, 9.17) is 13.9 Å². The molecule has 4 rings (SSSR count). The number of carbonyl (C=O) groups is 1. The molecule has 0 aliphatic carbocycles. The maximum absolute atomic E-state index is 13.4. The average Bonchev–Trinajstić information content (AvgIpc) is 3.26. The fourth-order valence-corrected chi connectivity index (χ4v) is 3.97. The number of amides is 1. The molecule has 1 atom stereocenters. The van der Waals surface area contributed by atoms with Gasteiger partial charge >= 0.3 is 0 Å². The number of hydrogen-bond donors (Lipinski definition) is 0. The van der Waals surface area contributed by atoms with Crippen LogP contribution >= 0.6 is 0 Å². The highest BCUT2D eigenvalue weighted by Crippen LogP contribution is 2.29. The monoisotopic (exact) mass is 438 g/mol. The Bertz CT molecular complexity index is 1080. The Morgan fingerprint density at radius 2 is 2.12 bits per heavy atom. The lowest BCUT2D eigenvalue weighted by atomic mass is 9.98. The van der Waals surface area contributed by atoms with Crippen LogP contribution in [0.5, 0.6) is 11.5 Å². The minimum atomic E-state index is -0.269. The molecule has 7 heteroatoms. The molecule has 0 saturated carbocycles. The first-order valence-electron chi connectivity index (χ1n) is 10.8. The quantitative estimate of drug-likeness (QED) is 0.543. The molecule has 1 amide bonds. The Kier molecular flexibility index (Phi) is 6.73. The van der Waals surface area contributed by atoms with Crippen LogP contribution in [-0.2, 0) is 11.2 Å². The van der Waals surface area contributed by atoms with Crippen LogP contribution in [0.25, 0.3) is 0 Å². The number of aryl methyl sites for hydroxylation is 1. The van der Waals surface area contributed by atoms with Crippen molar-refractivity contribution >= 4 is 5.91 Å². The number of hydrogen-bond acceptors (Lipinski definition) is 5. The minimum Gasteiger partial charge on any atom is -0.493 e. The first-order valence-corrected chi connectivity index (χ1v) is 10.8. The highest BCUT2D eigenvalue weighted by molar-refractivity contribution is 5.78. The van der Waals surface area contributed by atoms with Gasteiger partial charge in [0.25, 0.3) is 5.91 Å². The number of aromatic nitrogens is 1. The molecule has 0 radical (unpaired) electrons. The van der Waals surface area contributed by atoms with E-state index in [1.807, 2.05) is 31.2 Å². The van der Waals surface area contributed by atoms with Crippen molar-refractivity contribution in [2.45, 2.75) is 32.1 Å². The molecule has 1 fully saturated rings. The van der Waals surface area contributed by atoms with E-state index in [-0.39, 0.29) is 24.2 Å². The molecule has 0 unspecified atom stereocenters. The molecule has 1 saturated heterocycles. The summed E-state index contributed by atoms with van der Waals surface area (Å²) in [4.78, 5) is 19.0. The van der Waals surface area contributed by atoms with Gasteiger partial charge < -0.3 is 18.8 Å². The van der Waals surface area contributed by atoms with E-state index in [0.29, 0.717) is 42.7 Å². The van der Waals surface area contributed by atoms with Crippen molar-refractivity contribution in [1.82, 2.24) is 9.88 Å². The molecule has 0 bridgehead atoms. The van der Waals surface area contributed by atoms with Crippen LogP contribution in [0, 0.1) is 12.7 Å². The first kappa shape index (κ1) is 21.9. The van der Waals surface area contributed by atoms with Crippen molar-refractivity contribution in [1.29, 1.82) is 0 Å². The van der Waals surface area contributed by atoms with Crippen molar-refractivity contribution in [3.63, 3.8) is 0 Å². The summed E-state index contributed by atoms with van der Waals surface area (Å²) in [5, 5.41) is 0. The third-order valence-electron chi connectivity index (χ3n) is 5.63. The van der Waals surface area contributed by atoms with E-state index in [2.05, 4.69) is 4.98 Å². The maximum Gasteiger partial charge on any atom is 0.260 e. The van der Waals surface area contributed by atoms with Crippen LogP contribution in [0.1, 0.15) is 41.5 Å². The molecular weight excluding hydrogens is 411 g/mol. The SMILES string of the molecule is COc1cc(C)ccc1OCC(=O)N1CCC[C@@H](c2ncc(Cc3cccc(F)c3)o2)C1. The molecule has 0 spiro atoms. The molecule has 1 aliphatic rings. The largest absolute Gasteiger partial charge is 0.493 e. The van der Waals surface area contributed by atoms with Crippen LogP contribution in [0.15, 0.2) is 53.1 Å². The summed E-state index contributed by atoms with van der Waals surface area (Å²) in [6.45, 7) is 3.13. The number of carbonyl (C=O) groups excluding carboxylic acids is 1. The summed E-state index contributed by atoms with van der Waals surface area (Å²) in [5.74, 6) is 2.15. The van der Waals surface area contributed by atoms with Gasteiger partial charge in [-0.15, -0.1) is 0 Å². The van der Waals surface area contributed by atoms with Gasteiger partial charge in [-0.25, -0.2) is 9.37 Å². The van der Waals surface area contributed by atoms with Gasteiger partial charge in [0, 0.05) is 19.5 Å². The first-order chi connectivity index (χ1) is 15.5. The number of piperidine rings is 1. The van der Waals surface area contributed by atoms with Crippen LogP contribution in [-0.4, -0.2) is 42.6 Å². The van der Waals surface area contributed by atoms with Crippen molar-refractivity contribution < 1.29 is 23.1 Å². The van der Waals surface area contributed by atoms with E-state index in [1.165, 1.54) is 12.1 Å². The van der Waals surface area contributed by atoms with E-state index in [1.54, 1.807) is 24.3 Å². The zero-order valence-corrected chi connectivity index (χ0v) is 18.3. The Morgan fingerprint density at radius 1 is 1.25 bits per heavy atom. The number of nitrogens with zero attached hydrogens (tertiary/aromatic N) is 2. The predicted octanol–water partition coefficient (Wildman–Crippen LogP) is 4.51. The van der Waals surface area contributed by atoms with Gasteiger partial charge in [0.15, 0.2) is 24.0 Å². The van der Waals surface area contributed by atoms with E-state index in [9.17, 15) is 9.18 Å². The number of likely N-dealkylation sites (tertiary alicyclic amines) is 1. The molecule has 32 heavy (non-hydrogen) atoms. The molecule has 168 valence electrons. The molecule has 3 aromatic rings. The number of benzene rings is 2. The Labute approximate surface area is 187 Å². The van der Waals surface area contributed by atoms with Gasteiger partial charge in [-0.2, -0.15) is 0 Å². The van der Waals surface area contributed by atoms with Crippen LogP contribution in [0.4, 0.5) is 4.39 Å². The van der Waals surface area contributed by atoms with Gasteiger partial charge in [-0.3, -0.25) is 4.79 Å². The Hall–Kier alpha value is -3.35. The smallest absolute Gasteiger partial charge is 0.260 e. The van der Waals surface area contributed by atoms with E-state index < -0.39 is 0 Å². The average molecular weight is 438 g/mol. The minimum absolute atomic E-state index is 0.0304. The summed E-state index contributed by atoms with van der Waals surface area (Å²) >= 11 is 0. The molecule has 1 aromatic heterocycles. The van der Waals surface area contributed by atoms with E-state index in [0.717, 1.165) is 24.0 Å². The number of methoxy groups -OCH3 is 1. The molecular formula is C25H27FN2O4. The highest BCUT2D eigenvalue weighted by Gasteiger charge is 2.28. The Balaban J connectivity index is 1.35. The predicted molar refractivity (Wildman–Crippen MR) is 117 cm³/mol. The topological polar surface area (TPSA) is 64.8 Å². The van der Waals surface area contributed by atoms with Gasteiger partial charge in [-0.05, 0) is 55.2 Å². The van der Waals surface area contributed by atoms with Crippen molar-refractivity contribution in [3.05, 3.63) is 77.3 Å². The lowest BCUT2D eigenvalue weighted by Gasteiger charge is -2.31. The summed E-state index contributed by atoms with van der Waals surface area (Å²) in [7, 11) is 1.58. The number of rotatable bonds is 7. The van der Waals surface area contributed by atoms with Gasteiger partial charge in [0.2, 0.25) is 0 Å². The number of ether oxygens (including phenoxy) is 2. The number of halogens is 1. The van der Waals surface area contributed by atoms with Crippen LogP contribution < -0.4 is 9.47 Å². The molecule has 6 nitrogen and oxygen atoms in total. The Morgan fingerprint density at radius 3 is 2.94 bits per heavy atom. The summed E-state index contributed by atoms with van der Waals surface area (Å²) in [5.41, 5.74) is 1.89. The van der Waals surface area contributed by atoms with Crippen molar-refractivity contribution in [3.8, 4) is 11.5 Å². The third-order valence-corrected chi connectivity index (χ3v) is 5.63. The normalized spacial score (nSPS) is 16.1. The lowest BCUT2D eigenvalue weighted by Crippen LogP contribution is -2.41. The van der Waals surface area contributed by atoms with Gasteiger partial charge in [0.1, 0.15) is 11.6 Å². The number of oxazole rings is 1. The zero-order valence-electron chi connectivity index (χ0n) is 18.3. The standard InChI is InChI=1S/C25H27FN2O4/c1-17-8-9-22(23(11-17)30-2)31-16-24(29)28-10-4-6-19(15-28)25-27-14-21(32-25)13-18-5-3-7-20(26)12-18/h3,5,7-9,11-12,14,19H,4,6,10,13,15-16H2,1-2H3/t19-/m1/s1. The van der Waals surface area contributed by atoms with Gasteiger partial charge in [-0.1, -0.05) is 18.2 Å². The lowest BCUT2D eigenvalue weighted by molar-refractivity contribution is -0.134. The molecule has 2 heterocycles. The summed E-state index contributed by atoms with van der Waals surface area (Å²) < 4.78 is 30.4. The molecule has 2 aromatic carbocycles. The van der Waals surface area contributed by atoms with Crippen molar-refractivity contribution in [2.24, 2.45) is 0 Å². The zero-order chi connectivity index (χ0) is 22.5. The van der Waals surface area contributed by atoms with E-state index >= 15 is 0 Å². The third kappa shape index (κ3) is 5.28. The van der Waals surface area contributed by atoms with Crippen molar-refractivity contribution in [2.75, 3.05) is 26.8 Å². The molecule has 0 N–H and O–H groups in total. The second kappa shape index (κ2) is 9.85. The van der Waals surface area contributed by atoms with Crippen LogP contribution in [0.3, 0.4) is 0 Å². The highest BCUT2D eigenvalue weighted by atomic mass is 19.1. The maximum atomic E-state index is 13.4. The summed E-state index contributed by atoms with van der Waals surface area (Å²) in [6, 6.07) is 12.1. The second-order valence-corrected chi connectivity index (χ2v) is 8.09. The molecule has 1 aliphatic heterocycles. The summed E-state index contributed by atoms with van der Waals surface area (Å²) in [6.07, 6.45) is 3.93. The van der Waals surface area contributed by atoms with Crippen LogP contribution in [0.2, 0.25) is 0 Å². The second-order valence-electron chi connectivity index (χ2n) is 8.09. The fourth-order valence-electron chi connectivity index (χ4n) is 3.97. The van der Waals surface area contributed by atoms with Gasteiger partial charge in [0.05, 0.1) is 19.2 Å². The fraction of sp³-hybridized carbons (Fsp3) is 0.360.